The van der Waals surface area contributed by atoms with E-state index in [0.29, 0.717) is 11.6 Å². The lowest BCUT2D eigenvalue weighted by atomic mass is 10.2. The molecule has 1 N–H and O–H groups in total. The van der Waals surface area contributed by atoms with E-state index in [1.165, 1.54) is 11.8 Å². The van der Waals surface area contributed by atoms with Crippen LogP contribution in [-0.2, 0) is 20.9 Å². The van der Waals surface area contributed by atoms with Crippen LogP contribution in [0, 0.1) is 0 Å². The number of amides is 1. The molecule has 1 amide bonds. The standard InChI is InChI=1S/C19H20ClNO4S/c1-13(26-17-9-5-15(20)6-10-17)19(23)25-12-18(22)21-11-14-3-7-16(24-2)8-4-14/h3-10,13H,11-12H2,1-2H3,(H,21,22)/t13-/m0/s1. The van der Waals surface area contributed by atoms with Gasteiger partial charge in [-0.05, 0) is 48.9 Å². The van der Waals surface area contributed by atoms with E-state index in [-0.39, 0.29) is 12.5 Å². The number of methoxy groups -OCH3 is 1. The zero-order valence-electron chi connectivity index (χ0n) is 14.5. The zero-order valence-corrected chi connectivity index (χ0v) is 16.1. The summed E-state index contributed by atoms with van der Waals surface area (Å²) in [6.07, 6.45) is 0. The van der Waals surface area contributed by atoms with Gasteiger partial charge < -0.3 is 14.8 Å². The van der Waals surface area contributed by atoms with Gasteiger partial charge in [0.25, 0.3) is 5.91 Å². The van der Waals surface area contributed by atoms with Gasteiger partial charge in [-0.1, -0.05) is 23.7 Å². The number of carbonyl (C=O) groups excluding carboxylic acids is 2. The Labute approximate surface area is 162 Å². The molecule has 0 aliphatic carbocycles. The third kappa shape index (κ3) is 6.61. The van der Waals surface area contributed by atoms with Crippen LogP contribution < -0.4 is 10.1 Å². The number of thioether (sulfide) groups is 1. The molecule has 26 heavy (non-hydrogen) atoms. The number of rotatable bonds is 8. The number of hydrogen-bond acceptors (Lipinski definition) is 5. The van der Waals surface area contributed by atoms with Crippen LogP contribution in [-0.4, -0.2) is 30.8 Å². The number of benzene rings is 2. The van der Waals surface area contributed by atoms with Crippen molar-refractivity contribution < 1.29 is 19.1 Å². The second-order valence-corrected chi connectivity index (χ2v) is 7.30. The van der Waals surface area contributed by atoms with Crippen LogP contribution in [0.2, 0.25) is 5.02 Å². The summed E-state index contributed by atoms with van der Waals surface area (Å²) in [6.45, 7) is 1.78. The summed E-state index contributed by atoms with van der Waals surface area (Å²) < 4.78 is 10.1. The molecule has 0 aliphatic heterocycles. The first kappa shape index (κ1) is 20.1. The van der Waals surface area contributed by atoms with Crippen LogP contribution in [0.3, 0.4) is 0 Å². The van der Waals surface area contributed by atoms with Crippen molar-refractivity contribution in [1.82, 2.24) is 5.32 Å². The van der Waals surface area contributed by atoms with Crippen molar-refractivity contribution >= 4 is 35.2 Å². The van der Waals surface area contributed by atoms with Gasteiger partial charge in [-0.2, -0.15) is 0 Å². The van der Waals surface area contributed by atoms with Gasteiger partial charge in [-0.3, -0.25) is 9.59 Å². The Morgan fingerprint density at radius 2 is 1.77 bits per heavy atom. The van der Waals surface area contributed by atoms with Crippen LogP contribution in [0.25, 0.3) is 0 Å². The molecule has 0 radical (unpaired) electrons. The summed E-state index contributed by atoms with van der Waals surface area (Å²) in [5.74, 6) is -0.0383. The van der Waals surface area contributed by atoms with Crippen LogP contribution in [0.5, 0.6) is 5.75 Å². The Morgan fingerprint density at radius 3 is 2.38 bits per heavy atom. The van der Waals surface area contributed by atoms with Gasteiger partial charge in [-0.25, -0.2) is 0 Å². The summed E-state index contributed by atoms with van der Waals surface area (Å²) in [4.78, 5) is 24.7. The monoisotopic (exact) mass is 393 g/mol. The first-order chi connectivity index (χ1) is 12.5. The maximum Gasteiger partial charge on any atom is 0.319 e. The number of halogens is 1. The van der Waals surface area contributed by atoms with Gasteiger partial charge in [0.15, 0.2) is 6.61 Å². The molecule has 5 nitrogen and oxygen atoms in total. The summed E-state index contributed by atoms with van der Waals surface area (Å²) in [6, 6.07) is 14.5. The molecule has 0 heterocycles. The molecule has 0 bridgehead atoms. The number of ether oxygens (including phenoxy) is 2. The molecule has 2 rings (SSSR count). The Bertz CT molecular complexity index is 734. The fourth-order valence-corrected chi connectivity index (χ4v) is 3.01. The molecule has 7 heteroatoms. The van der Waals surface area contributed by atoms with Crippen molar-refractivity contribution in [1.29, 1.82) is 0 Å². The molecule has 0 saturated heterocycles. The molecular weight excluding hydrogens is 374 g/mol. The maximum absolute atomic E-state index is 12.0. The van der Waals surface area contributed by atoms with Crippen molar-refractivity contribution in [2.45, 2.75) is 23.6 Å². The largest absolute Gasteiger partial charge is 0.497 e. The second kappa shape index (κ2) is 10.1. The van der Waals surface area contributed by atoms with Gasteiger partial charge >= 0.3 is 5.97 Å². The Balaban J connectivity index is 1.71. The number of nitrogens with one attached hydrogen (secondary N) is 1. The van der Waals surface area contributed by atoms with Crippen molar-refractivity contribution in [2.75, 3.05) is 13.7 Å². The van der Waals surface area contributed by atoms with E-state index < -0.39 is 11.2 Å². The fourth-order valence-electron chi connectivity index (χ4n) is 2.01. The van der Waals surface area contributed by atoms with Crippen molar-refractivity contribution in [3.63, 3.8) is 0 Å². The third-order valence-electron chi connectivity index (χ3n) is 3.45. The van der Waals surface area contributed by atoms with Gasteiger partial charge in [-0.15, -0.1) is 11.8 Å². The smallest absolute Gasteiger partial charge is 0.319 e. The highest BCUT2D eigenvalue weighted by Gasteiger charge is 2.17. The van der Waals surface area contributed by atoms with E-state index in [0.717, 1.165) is 16.2 Å². The SMILES string of the molecule is COc1ccc(CNC(=O)COC(=O)[C@H](C)Sc2ccc(Cl)cc2)cc1. The van der Waals surface area contributed by atoms with Gasteiger partial charge in [0.2, 0.25) is 0 Å². The Hall–Kier alpha value is -2.18. The molecule has 0 aromatic heterocycles. The van der Waals surface area contributed by atoms with Crippen molar-refractivity contribution in [3.05, 3.63) is 59.1 Å². The normalized spacial score (nSPS) is 11.5. The third-order valence-corrected chi connectivity index (χ3v) is 4.79. The van der Waals surface area contributed by atoms with E-state index in [1.54, 1.807) is 26.2 Å². The minimum atomic E-state index is -0.440. The maximum atomic E-state index is 12.0. The van der Waals surface area contributed by atoms with Crippen LogP contribution in [0.4, 0.5) is 0 Å². The van der Waals surface area contributed by atoms with Crippen molar-refractivity contribution in [2.24, 2.45) is 0 Å². The van der Waals surface area contributed by atoms with E-state index >= 15 is 0 Å². The van der Waals surface area contributed by atoms with Gasteiger partial charge in [0.1, 0.15) is 11.0 Å². The molecule has 0 fully saturated rings. The highest BCUT2D eigenvalue weighted by Crippen LogP contribution is 2.25. The van der Waals surface area contributed by atoms with E-state index in [1.807, 2.05) is 36.4 Å². The second-order valence-electron chi connectivity index (χ2n) is 5.45. The number of esters is 1. The lowest BCUT2D eigenvalue weighted by Crippen LogP contribution is -2.30. The highest BCUT2D eigenvalue weighted by atomic mass is 35.5. The molecule has 0 spiro atoms. The molecule has 0 saturated carbocycles. The molecule has 2 aromatic carbocycles. The molecular formula is C19H20ClNO4S. The van der Waals surface area contributed by atoms with Crippen LogP contribution in [0.1, 0.15) is 12.5 Å². The molecule has 2 aromatic rings. The lowest BCUT2D eigenvalue weighted by Gasteiger charge is -2.11. The predicted molar refractivity (Wildman–Crippen MR) is 103 cm³/mol. The number of carbonyl (C=O) groups is 2. The predicted octanol–water partition coefficient (Wildman–Crippen LogP) is 3.69. The van der Waals surface area contributed by atoms with Crippen LogP contribution >= 0.6 is 23.4 Å². The molecule has 0 unspecified atom stereocenters. The fraction of sp³-hybridized carbons (Fsp3) is 0.263. The summed E-state index contributed by atoms with van der Waals surface area (Å²) in [7, 11) is 1.59. The average molecular weight is 394 g/mol. The minimum absolute atomic E-state index is 0.305. The topological polar surface area (TPSA) is 64.6 Å². The van der Waals surface area contributed by atoms with E-state index in [9.17, 15) is 9.59 Å². The molecule has 1 atom stereocenters. The number of hydrogen-bond donors (Lipinski definition) is 1. The molecule has 0 aliphatic rings. The van der Waals surface area contributed by atoms with Crippen molar-refractivity contribution in [3.8, 4) is 5.75 Å². The van der Waals surface area contributed by atoms with Crippen LogP contribution in [0.15, 0.2) is 53.4 Å². The zero-order chi connectivity index (χ0) is 18.9. The average Bonchev–Trinajstić information content (AvgIpc) is 2.66. The summed E-state index contributed by atoms with van der Waals surface area (Å²) >= 11 is 7.18. The lowest BCUT2D eigenvalue weighted by molar-refractivity contribution is -0.147. The van der Waals surface area contributed by atoms with E-state index in [2.05, 4.69) is 5.32 Å². The quantitative estimate of drug-likeness (QED) is 0.547. The Kier molecular flexibility index (Phi) is 7.81. The first-order valence-corrected chi connectivity index (χ1v) is 9.22. The first-order valence-electron chi connectivity index (χ1n) is 7.96. The van der Waals surface area contributed by atoms with E-state index in [4.69, 9.17) is 21.1 Å². The van der Waals surface area contributed by atoms with Gasteiger partial charge in [0.05, 0.1) is 7.11 Å². The Morgan fingerprint density at radius 1 is 1.12 bits per heavy atom. The molecule has 138 valence electrons. The minimum Gasteiger partial charge on any atom is -0.497 e. The summed E-state index contributed by atoms with van der Waals surface area (Å²) in [5, 5.41) is 2.92. The van der Waals surface area contributed by atoms with Gasteiger partial charge in [0, 0.05) is 16.5 Å². The highest BCUT2D eigenvalue weighted by molar-refractivity contribution is 8.00. The summed E-state index contributed by atoms with van der Waals surface area (Å²) in [5.41, 5.74) is 0.928.